The summed E-state index contributed by atoms with van der Waals surface area (Å²) in [5, 5.41) is 12.7. The average Bonchev–Trinajstić information content (AvgIpc) is 3.08. The molecular formula is C16H15F3N8O2. The van der Waals surface area contributed by atoms with Crippen LogP contribution in [0.5, 0.6) is 0 Å². The van der Waals surface area contributed by atoms with Crippen LogP contribution in [0.25, 0.3) is 22.4 Å². The summed E-state index contributed by atoms with van der Waals surface area (Å²) in [7, 11) is 0. The van der Waals surface area contributed by atoms with Crippen LogP contribution in [0.2, 0.25) is 0 Å². The van der Waals surface area contributed by atoms with Gasteiger partial charge in [-0.25, -0.2) is 9.97 Å². The summed E-state index contributed by atoms with van der Waals surface area (Å²) < 4.78 is 36.7. The summed E-state index contributed by atoms with van der Waals surface area (Å²) in [6.07, 6.45) is -0.406. The number of nitrogens with zero attached hydrogens (tertiary/aromatic N) is 4. The molecule has 5 N–H and O–H groups in total. The molecule has 2 amide bonds. The number of nitrogens with two attached hydrogens (primary N) is 1. The van der Waals surface area contributed by atoms with Gasteiger partial charge in [-0.3, -0.25) is 9.59 Å². The van der Waals surface area contributed by atoms with E-state index in [1.54, 1.807) is 11.5 Å². The normalized spacial score (nSPS) is 12.6. The Hall–Kier alpha value is -3.77. The summed E-state index contributed by atoms with van der Waals surface area (Å²) >= 11 is 0. The molecule has 0 saturated carbocycles. The Morgan fingerprint density at radius 1 is 1.31 bits per heavy atom. The van der Waals surface area contributed by atoms with Gasteiger partial charge >= 0.3 is 6.18 Å². The predicted molar refractivity (Wildman–Crippen MR) is 95.6 cm³/mol. The van der Waals surface area contributed by atoms with Crippen LogP contribution in [0.1, 0.15) is 17.3 Å². The van der Waals surface area contributed by atoms with Crippen LogP contribution in [0.4, 0.5) is 19.0 Å². The van der Waals surface area contributed by atoms with Crippen LogP contribution in [0.15, 0.2) is 24.7 Å². The Morgan fingerprint density at radius 2 is 2.07 bits per heavy atom. The fourth-order valence-corrected chi connectivity index (χ4v) is 2.44. The molecule has 152 valence electrons. The summed E-state index contributed by atoms with van der Waals surface area (Å²) in [5.74, 6) is -1.24. The van der Waals surface area contributed by atoms with Crippen molar-refractivity contribution < 1.29 is 22.8 Å². The molecule has 0 unspecified atom stereocenters. The van der Waals surface area contributed by atoms with Gasteiger partial charge in [0.05, 0.1) is 11.8 Å². The van der Waals surface area contributed by atoms with E-state index in [-0.39, 0.29) is 17.2 Å². The summed E-state index contributed by atoms with van der Waals surface area (Å²) in [6, 6.07) is 0.515. The van der Waals surface area contributed by atoms with Gasteiger partial charge in [-0.05, 0) is 13.0 Å². The molecule has 0 bridgehead atoms. The average molecular weight is 408 g/mol. The van der Waals surface area contributed by atoms with E-state index in [1.807, 2.05) is 0 Å². The number of hydrogen-bond acceptors (Lipinski definition) is 7. The number of carbonyl (C=O) groups is 2. The highest BCUT2D eigenvalue weighted by atomic mass is 19.4. The summed E-state index contributed by atoms with van der Waals surface area (Å²) in [6.45, 7) is -0.0576. The lowest BCUT2D eigenvalue weighted by Crippen LogP contribution is -2.42. The first-order valence-corrected chi connectivity index (χ1v) is 8.22. The number of halogens is 3. The molecule has 29 heavy (non-hydrogen) atoms. The monoisotopic (exact) mass is 408 g/mol. The molecule has 0 saturated heterocycles. The molecule has 0 aliphatic heterocycles. The Kier molecular flexibility index (Phi) is 5.30. The van der Waals surface area contributed by atoms with E-state index in [9.17, 15) is 22.8 Å². The van der Waals surface area contributed by atoms with Crippen LogP contribution in [0.3, 0.4) is 0 Å². The van der Waals surface area contributed by atoms with E-state index in [2.05, 4.69) is 30.5 Å². The molecule has 3 aromatic heterocycles. The second-order valence-corrected chi connectivity index (χ2v) is 6.05. The minimum Gasteiger partial charge on any atom is -0.366 e. The van der Waals surface area contributed by atoms with Crippen molar-refractivity contribution in [1.29, 1.82) is 0 Å². The van der Waals surface area contributed by atoms with E-state index < -0.39 is 30.6 Å². The number of aromatic amines is 1. The standard InChI is InChI=1S/C16H15F3N8O2/c1-7(15(29)23-6-16(17,18)19)25-11-5-24-27-14(26-11)10-4-22-13-9(10)2-8(3-21-13)12(20)28/h2-5,7H,6H2,1H3,(H2,20,28)(H,21,22)(H,23,29)(H,25,26,27)/t7-/m1/s1. The molecule has 0 radical (unpaired) electrons. The zero-order valence-electron chi connectivity index (χ0n) is 14.9. The SMILES string of the molecule is C[C@@H](Nc1cnnc(-c2c[nH]c3ncc(C(N)=O)cc23)n1)C(=O)NCC(F)(F)F. The predicted octanol–water partition coefficient (Wildman–Crippen LogP) is 0.993. The van der Waals surface area contributed by atoms with Gasteiger partial charge in [0, 0.05) is 23.3 Å². The van der Waals surface area contributed by atoms with Gasteiger partial charge in [-0.15, -0.1) is 5.10 Å². The molecule has 0 fully saturated rings. The Bertz CT molecular complexity index is 1070. The number of fused-ring (bicyclic) bond motifs is 1. The van der Waals surface area contributed by atoms with Gasteiger partial charge in [0.1, 0.15) is 24.1 Å². The van der Waals surface area contributed by atoms with E-state index >= 15 is 0 Å². The van der Waals surface area contributed by atoms with Crippen molar-refractivity contribution in [2.75, 3.05) is 11.9 Å². The number of carbonyl (C=O) groups excluding carboxylic acids is 2. The second-order valence-electron chi connectivity index (χ2n) is 6.05. The molecule has 3 rings (SSSR count). The van der Waals surface area contributed by atoms with Crippen molar-refractivity contribution in [2.45, 2.75) is 19.1 Å². The molecule has 1 atom stereocenters. The molecule has 13 heteroatoms. The van der Waals surface area contributed by atoms with Gasteiger partial charge in [-0.2, -0.15) is 18.3 Å². The molecule has 0 aromatic carbocycles. The lowest BCUT2D eigenvalue weighted by Gasteiger charge is -2.15. The van der Waals surface area contributed by atoms with E-state index in [0.29, 0.717) is 16.6 Å². The van der Waals surface area contributed by atoms with Gasteiger partial charge in [0.25, 0.3) is 0 Å². The fourth-order valence-electron chi connectivity index (χ4n) is 2.44. The highest BCUT2D eigenvalue weighted by molar-refractivity contribution is 5.99. The van der Waals surface area contributed by atoms with Crippen molar-refractivity contribution in [2.24, 2.45) is 5.73 Å². The molecule has 0 spiro atoms. The maximum atomic E-state index is 12.2. The number of aromatic nitrogens is 5. The first kappa shape index (κ1) is 20.0. The topological polar surface area (TPSA) is 152 Å². The molecule has 0 aliphatic rings. The van der Waals surface area contributed by atoms with Crippen LogP contribution in [0, 0.1) is 0 Å². The van der Waals surface area contributed by atoms with Crippen LogP contribution in [-0.4, -0.2) is 55.7 Å². The van der Waals surface area contributed by atoms with E-state index in [4.69, 9.17) is 5.73 Å². The molecule has 0 aliphatic carbocycles. The highest BCUT2D eigenvalue weighted by Gasteiger charge is 2.28. The molecule has 3 aromatic rings. The zero-order valence-corrected chi connectivity index (χ0v) is 14.9. The van der Waals surface area contributed by atoms with Gasteiger partial charge in [0.15, 0.2) is 5.82 Å². The quantitative estimate of drug-likeness (QED) is 0.475. The molecular weight excluding hydrogens is 393 g/mol. The number of alkyl halides is 3. The number of primary amides is 1. The van der Waals surface area contributed by atoms with Crippen molar-refractivity contribution in [3.05, 3.63) is 30.2 Å². The van der Waals surface area contributed by atoms with Crippen LogP contribution >= 0.6 is 0 Å². The number of pyridine rings is 1. The lowest BCUT2D eigenvalue weighted by molar-refractivity contribution is -0.138. The first-order valence-electron chi connectivity index (χ1n) is 8.22. The van der Waals surface area contributed by atoms with Gasteiger partial charge in [-0.1, -0.05) is 0 Å². The van der Waals surface area contributed by atoms with Crippen molar-refractivity contribution in [3.63, 3.8) is 0 Å². The summed E-state index contributed by atoms with van der Waals surface area (Å²) in [5.41, 5.74) is 6.40. The minimum absolute atomic E-state index is 0.123. The Balaban J connectivity index is 1.81. The number of rotatable bonds is 6. The summed E-state index contributed by atoms with van der Waals surface area (Å²) in [4.78, 5) is 34.4. The lowest BCUT2D eigenvalue weighted by atomic mass is 10.1. The third-order valence-electron chi connectivity index (χ3n) is 3.84. The second kappa shape index (κ2) is 7.69. The highest BCUT2D eigenvalue weighted by Crippen LogP contribution is 2.26. The zero-order chi connectivity index (χ0) is 21.2. The smallest absolute Gasteiger partial charge is 0.366 e. The number of amides is 2. The number of nitrogens with one attached hydrogen (secondary N) is 3. The fraction of sp³-hybridized carbons (Fsp3) is 0.250. The van der Waals surface area contributed by atoms with Gasteiger partial charge in [0.2, 0.25) is 11.8 Å². The van der Waals surface area contributed by atoms with Crippen LogP contribution < -0.4 is 16.4 Å². The molecule has 10 nitrogen and oxygen atoms in total. The van der Waals surface area contributed by atoms with Crippen molar-refractivity contribution >= 4 is 28.7 Å². The maximum Gasteiger partial charge on any atom is 0.405 e. The number of hydrogen-bond donors (Lipinski definition) is 4. The van der Waals surface area contributed by atoms with Crippen molar-refractivity contribution in [3.8, 4) is 11.4 Å². The third kappa shape index (κ3) is 4.75. The first-order chi connectivity index (χ1) is 13.6. The number of H-pyrrole nitrogens is 1. The minimum atomic E-state index is -4.51. The Labute approximate surface area is 161 Å². The van der Waals surface area contributed by atoms with Crippen molar-refractivity contribution in [1.82, 2.24) is 30.5 Å². The van der Waals surface area contributed by atoms with Gasteiger partial charge < -0.3 is 21.4 Å². The third-order valence-corrected chi connectivity index (χ3v) is 3.84. The van der Waals surface area contributed by atoms with E-state index in [1.165, 1.54) is 25.4 Å². The van der Waals surface area contributed by atoms with E-state index in [0.717, 1.165) is 0 Å². The molecule has 3 heterocycles. The Morgan fingerprint density at radius 3 is 2.76 bits per heavy atom. The maximum absolute atomic E-state index is 12.2. The number of anilines is 1. The largest absolute Gasteiger partial charge is 0.405 e. The van der Waals surface area contributed by atoms with Crippen LogP contribution in [-0.2, 0) is 4.79 Å².